The zero-order chi connectivity index (χ0) is 42.1. The molecule has 0 aliphatic carbocycles. The fourth-order valence-electron chi connectivity index (χ4n) is 6.35. The zero-order valence-corrected chi connectivity index (χ0v) is 40.8. The Morgan fingerprint density at radius 3 is 0.571 bits per heavy atom. The number of unbranched alkanes of at least 4 members (excludes halogenated alkanes) is 34. The molecule has 2 aliphatic heterocycles. The normalized spacial score (nSPS) is 12.5. The third-order valence-corrected chi connectivity index (χ3v) is 10.5. The number of hydrogen-bond acceptors (Lipinski definition) is 3. The van der Waals surface area contributed by atoms with Crippen molar-refractivity contribution in [1.29, 1.82) is 0 Å². The molecule has 0 aromatic rings. The second-order valence-electron chi connectivity index (χ2n) is 17.1. The van der Waals surface area contributed by atoms with Crippen molar-refractivity contribution in [3.8, 4) is 0 Å². The molecule has 0 spiro atoms. The molecule has 2 rings (SSSR count). The molecule has 342 valence electrons. The smallest absolute Gasteiger partial charge is 0.122 e. The number of aldehydes is 1. The molecule has 2 saturated heterocycles. The predicted octanol–water partition coefficient (Wildman–Crippen LogP) is 19.2. The van der Waals surface area contributed by atoms with E-state index in [1.165, 1.54) is 244 Å². The third-order valence-electron chi connectivity index (χ3n) is 10.5. The summed E-state index contributed by atoms with van der Waals surface area (Å²) in [5.41, 5.74) is 0. The minimum absolute atomic E-state index is 0.273. The lowest BCUT2D eigenvalue weighted by Gasteiger charge is -2.03. The summed E-state index contributed by atoms with van der Waals surface area (Å²) in [6.07, 6.45) is 56.3. The molecule has 2 aliphatic rings. The Balaban J connectivity index is -0.000000306. The van der Waals surface area contributed by atoms with Crippen LogP contribution in [0.2, 0.25) is 0 Å². The molecular formula is C53H112O3. The Morgan fingerprint density at radius 1 is 0.304 bits per heavy atom. The monoisotopic (exact) mass is 797 g/mol. The van der Waals surface area contributed by atoms with Gasteiger partial charge in [-0.15, -0.1) is 0 Å². The summed E-state index contributed by atoms with van der Waals surface area (Å²) < 4.78 is 9.00. The van der Waals surface area contributed by atoms with Gasteiger partial charge in [0.15, 0.2) is 0 Å². The fraction of sp³-hybridized carbons (Fsp3) is 0.981. The number of carbonyl (C=O) groups excluding carboxylic acids is 1. The van der Waals surface area contributed by atoms with Crippen LogP contribution in [-0.4, -0.2) is 32.7 Å². The molecule has 1 unspecified atom stereocenters. The predicted molar refractivity (Wildman–Crippen MR) is 257 cm³/mol. The number of rotatable bonds is 37. The van der Waals surface area contributed by atoms with Crippen molar-refractivity contribution < 1.29 is 14.3 Å². The van der Waals surface area contributed by atoms with Gasteiger partial charge in [0, 0.05) is 5.92 Å². The van der Waals surface area contributed by atoms with Gasteiger partial charge < -0.3 is 14.3 Å². The first-order valence-electron chi connectivity index (χ1n) is 26.2. The molecule has 2 fully saturated rings. The van der Waals surface area contributed by atoms with E-state index in [9.17, 15) is 4.79 Å². The first-order valence-corrected chi connectivity index (χ1v) is 26.2. The highest BCUT2D eigenvalue weighted by Gasteiger charge is 1.99. The van der Waals surface area contributed by atoms with E-state index in [-0.39, 0.29) is 5.92 Å². The quantitative estimate of drug-likeness (QED) is 0.0357. The van der Waals surface area contributed by atoms with Gasteiger partial charge in [0.25, 0.3) is 0 Å². The summed E-state index contributed by atoms with van der Waals surface area (Å²) in [5.74, 6) is 0.273. The second-order valence-corrected chi connectivity index (χ2v) is 17.1. The highest BCUT2D eigenvalue weighted by Crippen LogP contribution is 2.13. The van der Waals surface area contributed by atoms with Crippen LogP contribution in [0.5, 0.6) is 0 Å². The molecule has 0 radical (unpaired) electrons. The summed E-state index contributed by atoms with van der Waals surface area (Å²) in [4.78, 5) is 10.3. The molecule has 1 atom stereocenters. The van der Waals surface area contributed by atoms with E-state index in [1.807, 2.05) is 6.92 Å². The SMILES string of the molecule is C1CO1.C1CO1.CCCCCCCCCC.CCCCCCCCCCC(C)C=O.CCCCCCCCCCCCC.CCCCCCCCCCCCC. The van der Waals surface area contributed by atoms with Crippen LogP contribution in [0.25, 0.3) is 0 Å². The summed E-state index contributed by atoms with van der Waals surface area (Å²) in [6.45, 7) is 21.9. The van der Waals surface area contributed by atoms with E-state index < -0.39 is 0 Å². The lowest BCUT2D eigenvalue weighted by molar-refractivity contribution is -0.110. The molecule has 3 nitrogen and oxygen atoms in total. The van der Waals surface area contributed by atoms with Crippen LogP contribution in [0.3, 0.4) is 0 Å². The first-order chi connectivity index (χ1) is 27.6. The third kappa shape index (κ3) is 90.0. The molecule has 0 amide bonds. The minimum Gasteiger partial charge on any atom is -0.377 e. The topological polar surface area (TPSA) is 42.1 Å². The molecule has 0 aromatic heterocycles. The Morgan fingerprint density at radius 2 is 0.446 bits per heavy atom. The number of epoxide rings is 2. The lowest BCUT2D eigenvalue weighted by atomic mass is 10.0. The minimum atomic E-state index is 0.273. The van der Waals surface area contributed by atoms with Crippen molar-refractivity contribution in [2.24, 2.45) is 5.92 Å². The summed E-state index contributed by atoms with van der Waals surface area (Å²) >= 11 is 0. The van der Waals surface area contributed by atoms with Gasteiger partial charge in [-0.05, 0) is 6.42 Å². The number of hydrogen-bond donors (Lipinski definition) is 0. The molecule has 2 heterocycles. The van der Waals surface area contributed by atoms with Crippen molar-refractivity contribution in [3.63, 3.8) is 0 Å². The molecule has 0 bridgehead atoms. The first kappa shape index (κ1) is 62.2. The van der Waals surface area contributed by atoms with E-state index in [4.69, 9.17) is 0 Å². The van der Waals surface area contributed by atoms with Crippen molar-refractivity contribution >= 4 is 6.29 Å². The number of carbonyl (C=O) groups is 1. The maximum atomic E-state index is 10.3. The molecule has 56 heavy (non-hydrogen) atoms. The Labute approximate surface area is 357 Å². The zero-order valence-electron chi connectivity index (χ0n) is 40.8. The largest absolute Gasteiger partial charge is 0.377 e. The van der Waals surface area contributed by atoms with Crippen molar-refractivity contribution in [2.45, 2.75) is 306 Å². The van der Waals surface area contributed by atoms with Gasteiger partial charge in [-0.3, -0.25) is 0 Å². The average Bonchev–Trinajstić information content (AvgIpc) is 4.11. The maximum Gasteiger partial charge on any atom is 0.122 e. The lowest BCUT2D eigenvalue weighted by Crippen LogP contribution is -1.94. The molecule has 3 heteroatoms. The van der Waals surface area contributed by atoms with Crippen LogP contribution < -0.4 is 0 Å². The molecular weight excluding hydrogens is 685 g/mol. The van der Waals surface area contributed by atoms with Crippen LogP contribution in [0.1, 0.15) is 306 Å². The fourth-order valence-corrected chi connectivity index (χ4v) is 6.35. The summed E-state index contributed by atoms with van der Waals surface area (Å²) in [6, 6.07) is 0. The van der Waals surface area contributed by atoms with Crippen LogP contribution in [0.4, 0.5) is 0 Å². The summed E-state index contributed by atoms with van der Waals surface area (Å²) in [7, 11) is 0. The van der Waals surface area contributed by atoms with Gasteiger partial charge in [0.1, 0.15) is 6.29 Å². The van der Waals surface area contributed by atoms with E-state index in [0.29, 0.717) is 0 Å². The van der Waals surface area contributed by atoms with Gasteiger partial charge in [0.05, 0.1) is 26.4 Å². The maximum absolute atomic E-state index is 10.3. The number of ether oxygens (including phenoxy) is 2. The molecule has 0 aromatic carbocycles. The van der Waals surface area contributed by atoms with Gasteiger partial charge in [-0.1, -0.05) is 299 Å². The Kier molecular flexibility index (Phi) is 73.8. The van der Waals surface area contributed by atoms with Crippen molar-refractivity contribution in [2.75, 3.05) is 26.4 Å². The average molecular weight is 797 g/mol. The van der Waals surface area contributed by atoms with E-state index >= 15 is 0 Å². The van der Waals surface area contributed by atoms with Crippen LogP contribution in [0, 0.1) is 5.92 Å². The standard InChI is InChI=1S/C13H26O.2C13H28.C10H22.2C2H4O/c1-3-4-5-6-7-8-9-10-11-13(2)12-14;2*1-3-5-7-9-11-13-12-10-8-6-4-2;1-3-5-7-9-10-8-6-4-2;2*1-2-3-1/h12-13H,3-11H2,1-2H3;2*3-13H2,1-2H3;3-10H2,1-2H3;2*1-2H2. The highest BCUT2D eigenvalue weighted by molar-refractivity contribution is 5.52. The van der Waals surface area contributed by atoms with Crippen LogP contribution in [-0.2, 0) is 14.3 Å². The Hall–Kier alpha value is -0.410. The van der Waals surface area contributed by atoms with E-state index in [2.05, 4.69) is 57.9 Å². The highest BCUT2D eigenvalue weighted by atomic mass is 16.6. The van der Waals surface area contributed by atoms with E-state index in [1.54, 1.807) is 0 Å². The van der Waals surface area contributed by atoms with Crippen LogP contribution >= 0.6 is 0 Å². The van der Waals surface area contributed by atoms with Crippen molar-refractivity contribution in [1.82, 2.24) is 0 Å². The van der Waals surface area contributed by atoms with Crippen LogP contribution in [0.15, 0.2) is 0 Å². The van der Waals surface area contributed by atoms with Gasteiger partial charge in [0.2, 0.25) is 0 Å². The Bertz CT molecular complexity index is 528. The molecule has 0 saturated carbocycles. The summed E-state index contributed by atoms with van der Waals surface area (Å²) in [5, 5.41) is 0. The van der Waals surface area contributed by atoms with E-state index in [0.717, 1.165) is 39.1 Å². The van der Waals surface area contributed by atoms with Gasteiger partial charge in [-0.25, -0.2) is 0 Å². The molecule has 0 N–H and O–H groups in total. The second kappa shape index (κ2) is 66.4. The van der Waals surface area contributed by atoms with Crippen molar-refractivity contribution in [3.05, 3.63) is 0 Å². The van der Waals surface area contributed by atoms with Gasteiger partial charge >= 0.3 is 0 Å². The van der Waals surface area contributed by atoms with Gasteiger partial charge in [-0.2, -0.15) is 0 Å².